The molecule has 6 nitrogen and oxygen atoms in total. The van der Waals surface area contributed by atoms with E-state index in [-0.39, 0.29) is 0 Å². The Morgan fingerprint density at radius 1 is 1.18 bits per heavy atom. The van der Waals surface area contributed by atoms with Crippen LogP contribution in [0.4, 0.5) is 0 Å². The molecule has 2 heterocycles. The van der Waals surface area contributed by atoms with Gasteiger partial charge in [0, 0.05) is 31.4 Å². The van der Waals surface area contributed by atoms with Gasteiger partial charge in [-0.05, 0) is 77.9 Å². The summed E-state index contributed by atoms with van der Waals surface area (Å²) in [6.07, 6.45) is 4.83. The summed E-state index contributed by atoms with van der Waals surface area (Å²) < 4.78 is 1.98. The number of nitrogens with zero attached hydrogens (tertiary/aromatic N) is 4. The molecule has 0 radical (unpaired) electrons. The maximum atomic E-state index is 4.98. The number of aryl methyl sites for hydroxylation is 2. The normalized spacial score (nSPS) is 17.9. The summed E-state index contributed by atoms with van der Waals surface area (Å²) in [5, 5.41) is 11.6. The van der Waals surface area contributed by atoms with E-state index in [2.05, 4.69) is 62.2 Å². The number of aliphatic imine (C=N–C) groups is 1. The van der Waals surface area contributed by atoms with Gasteiger partial charge in [0.05, 0.1) is 12.2 Å². The lowest BCUT2D eigenvalue weighted by atomic mass is 10.0. The first-order valence-electron chi connectivity index (χ1n) is 11.1. The lowest BCUT2D eigenvalue weighted by Crippen LogP contribution is -2.44. The van der Waals surface area contributed by atoms with Gasteiger partial charge in [-0.25, -0.2) is 0 Å². The van der Waals surface area contributed by atoms with E-state index < -0.39 is 0 Å². The molecule has 0 amide bonds. The van der Waals surface area contributed by atoms with Crippen LogP contribution in [0.2, 0.25) is 0 Å². The monoisotopic (exact) mass is 390 g/mol. The van der Waals surface area contributed by atoms with Crippen LogP contribution < -0.4 is 10.6 Å². The molecular formula is C22H42N6. The van der Waals surface area contributed by atoms with E-state index in [0.717, 1.165) is 31.2 Å². The van der Waals surface area contributed by atoms with Gasteiger partial charge in [-0.2, -0.15) is 5.10 Å². The highest BCUT2D eigenvalue weighted by Gasteiger charge is 2.23. The van der Waals surface area contributed by atoms with Gasteiger partial charge in [-0.3, -0.25) is 14.6 Å². The summed E-state index contributed by atoms with van der Waals surface area (Å²) in [6, 6.07) is 0.853. The molecule has 0 saturated carbocycles. The fourth-order valence-electron chi connectivity index (χ4n) is 4.21. The Hall–Kier alpha value is -1.56. The van der Waals surface area contributed by atoms with Crippen LogP contribution in [0, 0.1) is 19.8 Å². The van der Waals surface area contributed by atoms with Gasteiger partial charge >= 0.3 is 0 Å². The van der Waals surface area contributed by atoms with Crippen LogP contribution in [-0.2, 0) is 13.5 Å². The Kier molecular flexibility index (Phi) is 8.80. The second-order valence-electron chi connectivity index (χ2n) is 8.77. The van der Waals surface area contributed by atoms with Crippen LogP contribution in [0.25, 0.3) is 0 Å². The SMILES string of the molecule is CCNC(=NCC(CC(C)C)N1CCCC1)NC(C)Cc1c(C)nn(C)c1C. The molecule has 0 spiro atoms. The summed E-state index contributed by atoms with van der Waals surface area (Å²) in [4.78, 5) is 7.61. The Balaban J connectivity index is 2.01. The number of hydrogen-bond acceptors (Lipinski definition) is 3. The summed E-state index contributed by atoms with van der Waals surface area (Å²) in [5.41, 5.74) is 3.72. The van der Waals surface area contributed by atoms with Gasteiger partial charge in [-0.1, -0.05) is 13.8 Å². The average molecular weight is 391 g/mol. The molecule has 1 aromatic rings. The Morgan fingerprint density at radius 2 is 1.86 bits per heavy atom. The first-order valence-corrected chi connectivity index (χ1v) is 11.1. The van der Waals surface area contributed by atoms with Crippen LogP contribution in [0.3, 0.4) is 0 Å². The Labute approximate surface area is 172 Å². The van der Waals surface area contributed by atoms with E-state index in [1.54, 1.807) is 0 Å². The van der Waals surface area contributed by atoms with Crippen LogP contribution in [-0.4, -0.2) is 58.9 Å². The van der Waals surface area contributed by atoms with Gasteiger partial charge in [0.2, 0.25) is 0 Å². The smallest absolute Gasteiger partial charge is 0.191 e. The van der Waals surface area contributed by atoms with Gasteiger partial charge in [-0.15, -0.1) is 0 Å². The summed E-state index contributed by atoms with van der Waals surface area (Å²) >= 11 is 0. The molecule has 0 bridgehead atoms. The molecular weight excluding hydrogens is 348 g/mol. The van der Waals surface area contributed by atoms with Crippen LogP contribution in [0.1, 0.15) is 63.9 Å². The van der Waals surface area contributed by atoms with Gasteiger partial charge in [0.25, 0.3) is 0 Å². The Bertz CT molecular complexity index is 627. The standard InChI is InChI=1S/C22H42N6/c1-8-23-22(24-15-20(13-16(2)3)28-11-9-10-12-28)25-17(4)14-21-18(5)26-27(7)19(21)6/h16-17,20H,8-15H2,1-7H3,(H2,23,24,25). The lowest BCUT2D eigenvalue weighted by molar-refractivity contribution is 0.218. The fraction of sp³-hybridized carbons (Fsp3) is 0.818. The fourth-order valence-corrected chi connectivity index (χ4v) is 4.21. The zero-order chi connectivity index (χ0) is 20.7. The number of likely N-dealkylation sites (tertiary alicyclic amines) is 1. The number of guanidine groups is 1. The summed E-state index contributed by atoms with van der Waals surface area (Å²) in [6.45, 7) is 17.4. The first-order chi connectivity index (χ1) is 13.3. The molecule has 6 heteroatoms. The molecule has 2 N–H and O–H groups in total. The number of nitrogens with one attached hydrogen (secondary N) is 2. The van der Waals surface area contributed by atoms with Crippen molar-refractivity contribution >= 4 is 5.96 Å². The van der Waals surface area contributed by atoms with Crippen molar-refractivity contribution in [1.29, 1.82) is 0 Å². The van der Waals surface area contributed by atoms with Gasteiger partial charge in [0.15, 0.2) is 5.96 Å². The van der Waals surface area contributed by atoms with Crippen LogP contribution in [0.15, 0.2) is 4.99 Å². The van der Waals surface area contributed by atoms with Crippen LogP contribution >= 0.6 is 0 Å². The van der Waals surface area contributed by atoms with Crippen molar-refractivity contribution < 1.29 is 0 Å². The molecule has 1 aliphatic heterocycles. The maximum absolute atomic E-state index is 4.98. The predicted octanol–water partition coefficient (Wildman–Crippen LogP) is 3.03. The minimum absolute atomic E-state index is 0.301. The molecule has 0 aliphatic carbocycles. The van der Waals surface area contributed by atoms with Crippen molar-refractivity contribution in [1.82, 2.24) is 25.3 Å². The topological polar surface area (TPSA) is 57.5 Å². The minimum atomic E-state index is 0.301. The van der Waals surface area contributed by atoms with Crippen molar-refractivity contribution in [2.75, 3.05) is 26.2 Å². The molecule has 160 valence electrons. The highest BCUT2D eigenvalue weighted by atomic mass is 15.3. The molecule has 1 saturated heterocycles. The highest BCUT2D eigenvalue weighted by Crippen LogP contribution is 2.18. The Morgan fingerprint density at radius 3 is 2.39 bits per heavy atom. The van der Waals surface area contributed by atoms with E-state index in [1.807, 2.05) is 11.7 Å². The number of hydrogen-bond donors (Lipinski definition) is 2. The van der Waals surface area contributed by atoms with Gasteiger partial charge < -0.3 is 10.6 Å². The van der Waals surface area contributed by atoms with Crippen molar-refractivity contribution in [3.63, 3.8) is 0 Å². The van der Waals surface area contributed by atoms with Gasteiger partial charge in [0.1, 0.15) is 0 Å². The largest absolute Gasteiger partial charge is 0.357 e. The molecule has 2 unspecified atom stereocenters. The third kappa shape index (κ3) is 6.50. The quantitative estimate of drug-likeness (QED) is 0.503. The molecule has 2 rings (SSSR count). The molecule has 1 aliphatic rings. The molecule has 2 atom stereocenters. The number of rotatable bonds is 9. The number of aromatic nitrogens is 2. The third-order valence-electron chi connectivity index (χ3n) is 5.76. The van der Waals surface area contributed by atoms with E-state index in [4.69, 9.17) is 4.99 Å². The lowest BCUT2D eigenvalue weighted by Gasteiger charge is -2.28. The third-order valence-corrected chi connectivity index (χ3v) is 5.76. The second kappa shape index (κ2) is 10.8. The zero-order valence-corrected chi connectivity index (χ0v) is 19.2. The summed E-state index contributed by atoms with van der Waals surface area (Å²) in [7, 11) is 2.02. The highest BCUT2D eigenvalue weighted by molar-refractivity contribution is 5.80. The van der Waals surface area contributed by atoms with E-state index in [1.165, 1.54) is 43.6 Å². The van der Waals surface area contributed by atoms with Crippen molar-refractivity contribution in [3.05, 3.63) is 17.0 Å². The maximum Gasteiger partial charge on any atom is 0.191 e. The van der Waals surface area contributed by atoms with E-state index >= 15 is 0 Å². The molecule has 28 heavy (non-hydrogen) atoms. The molecule has 1 aromatic heterocycles. The zero-order valence-electron chi connectivity index (χ0n) is 19.2. The molecule has 1 fully saturated rings. The van der Waals surface area contributed by atoms with Crippen molar-refractivity contribution in [2.45, 2.75) is 79.3 Å². The predicted molar refractivity (Wildman–Crippen MR) is 119 cm³/mol. The first kappa shape index (κ1) is 22.7. The van der Waals surface area contributed by atoms with Crippen molar-refractivity contribution in [3.8, 4) is 0 Å². The molecule has 0 aromatic carbocycles. The summed E-state index contributed by atoms with van der Waals surface area (Å²) in [5.74, 6) is 1.63. The average Bonchev–Trinajstić information content (AvgIpc) is 3.23. The minimum Gasteiger partial charge on any atom is -0.357 e. The van der Waals surface area contributed by atoms with E-state index in [9.17, 15) is 0 Å². The van der Waals surface area contributed by atoms with E-state index in [0.29, 0.717) is 18.0 Å². The van der Waals surface area contributed by atoms with Crippen molar-refractivity contribution in [2.24, 2.45) is 18.0 Å². The van der Waals surface area contributed by atoms with Crippen LogP contribution in [0.5, 0.6) is 0 Å². The second-order valence-corrected chi connectivity index (χ2v) is 8.77.